The van der Waals surface area contributed by atoms with Crippen LogP contribution in [0.4, 0.5) is 0 Å². The summed E-state index contributed by atoms with van der Waals surface area (Å²) in [6.07, 6.45) is 1.28. The maximum absolute atomic E-state index is 4.48. The molecule has 1 aliphatic rings. The van der Waals surface area contributed by atoms with E-state index < -0.39 is 0 Å². The van der Waals surface area contributed by atoms with Crippen LogP contribution in [0.5, 0.6) is 0 Å². The van der Waals surface area contributed by atoms with Crippen LogP contribution in [0.15, 0.2) is 4.99 Å². The van der Waals surface area contributed by atoms with Crippen molar-refractivity contribution in [2.24, 2.45) is 10.9 Å². The lowest BCUT2D eigenvalue weighted by Gasteiger charge is -2.12. The molecule has 0 radical (unpaired) electrons. The highest BCUT2D eigenvalue weighted by Gasteiger charge is 2.20. The van der Waals surface area contributed by atoms with Crippen molar-refractivity contribution in [2.45, 2.75) is 45.4 Å². The van der Waals surface area contributed by atoms with Crippen LogP contribution in [-0.2, 0) is 0 Å². The minimum atomic E-state index is 0.504. The Hall–Kier alpha value is -0.180. The molecule has 1 aliphatic heterocycles. The first kappa shape index (κ1) is 10.9. The zero-order valence-electron chi connectivity index (χ0n) is 9.00. The number of aliphatic imine (C=N–C) groups is 1. The van der Waals surface area contributed by atoms with Gasteiger partial charge in [0, 0.05) is 11.3 Å². The fraction of sp³-hybridized carbons (Fsp3) is 0.900. The molecule has 1 rings (SSSR count). The van der Waals surface area contributed by atoms with Gasteiger partial charge >= 0.3 is 0 Å². The fourth-order valence-electron chi connectivity index (χ4n) is 1.39. The summed E-state index contributed by atoms with van der Waals surface area (Å²) in [5, 5.41) is 5.21. The standard InChI is InChI=1S/C10H20N2S/c1-7(2)5-9-6-11-10(13-9)12-8(3)4/h7-9H,5-6H2,1-4H3,(H,11,12). The monoisotopic (exact) mass is 200 g/mol. The second kappa shape index (κ2) is 4.89. The minimum Gasteiger partial charge on any atom is -0.363 e. The Morgan fingerprint density at radius 2 is 2.15 bits per heavy atom. The van der Waals surface area contributed by atoms with Crippen LogP contribution in [0.25, 0.3) is 0 Å². The van der Waals surface area contributed by atoms with Crippen molar-refractivity contribution in [2.75, 3.05) is 6.54 Å². The van der Waals surface area contributed by atoms with E-state index in [0.29, 0.717) is 11.3 Å². The number of rotatable bonds is 3. The number of thioether (sulfide) groups is 1. The molecule has 13 heavy (non-hydrogen) atoms. The van der Waals surface area contributed by atoms with Crippen LogP contribution in [0, 0.1) is 5.92 Å². The van der Waals surface area contributed by atoms with Gasteiger partial charge in [-0.2, -0.15) is 0 Å². The summed E-state index contributed by atoms with van der Waals surface area (Å²) in [7, 11) is 0. The molecule has 0 fully saturated rings. The van der Waals surface area contributed by atoms with Gasteiger partial charge in [-0.3, -0.25) is 4.99 Å². The maximum atomic E-state index is 4.48. The summed E-state index contributed by atoms with van der Waals surface area (Å²) in [6, 6.07) is 0.504. The quantitative estimate of drug-likeness (QED) is 0.757. The molecule has 0 aromatic carbocycles. The highest BCUT2D eigenvalue weighted by atomic mass is 32.2. The largest absolute Gasteiger partial charge is 0.363 e. The van der Waals surface area contributed by atoms with Gasteiger partial charge in [0.1, 0.15) is 0 Å². The maximum Gasteiger partial charge on any atom is 0.157 e. The molecule has 0 saturated heterocycles. The Kier molecular flexibility index (Phi) is 4.10. The van der Waals surface area contributed by atoms with E-state index in [2.05, 4.69) is 38.0 Å². The third-order valence-electron chi connectivity index (χ3n) is 1.86. The van der Waals surface area contributed by atoms with Gasteiger partial charge in [0.05, 0.1) is 6.54 Å². The number of amidine groups is 1. The van der Waals surface area contributed by atoms with E-state index >= 15 is 0 Å². The summed E-state index contributed by atoms with van der Waals surface area (Å²) in [6.45, 7) is 9.85. The molecule has 0 bridgehead atoms. The van der Waals surface area contributed by atoms with Crippen LogP contribution in [0.2, 0.25) is 0 Å². The Labute approximate surface area is 85.6 Å². The first-order valence-corrected chi connectivity index (χ1v) is 5.93. The number of nitrogens with zero attached hydrogens (tertiary/aromatic N) is 1. The summed E-state index contributed by atoms with van der Waals surface area (Å²) >= 11 is 1.91. The highest BCUT2D eigenvalue weighted by Crippen LogP contribution is 2.25. The van der Waals surface area contributed by atoms with E-state index in [-0.39, 0.29) is 0 Å². The van der Waals surface area contributed by atoms with E-state index in [1.54, 1.807) is 0 Å². The van der Waals surface area contributed by atoms with Crippen molar-refractivity contribution in [3.05, 3.63) is 0 Å². The third-order valence-corrected chi connectivity index (χ3v) is 3.01. The van der Waals surface area contributed by atoms with Crippen LogP contribution < -0.4 is 5.32 Å². The smallest absolute Gasteiger partial charge is 0.157 e. The second-order valence-electron chi connectivity index (χ2n) is 4.31. The molecule has 0 aliphatic carbocycles. The Balaban J connectivity index is 2.25. The predicted octanol–water partition coefficient (Wildman–Crippen LogP) is 2.50. The highest BCUT2D eigenvalue weighted by molar-refractivity contribution is 8.14. The van der Waals surface area contributed by atoms with Gasteiger partial charge in [-0.05, 0) is 26.2 Å². The first-order valence-electron chi connectivity index (χ1n) is 5.05. The van der Waals surface area contributed by atoms with Gasteiger partial charge in [0.25, 0.3) is 0 Å². The molecule has 76 valence electrons. The van der Waals surface area contributed by atoms with Crippen LogP contribution in [0.1, 0.15) is 34.1 Å². The zero-order valence-corrected chi connectivity index (χ0v) is 9.82. The molecule has 1 heterocycles. The molecule has 0 aromatic rings. The zero-order chi connectivity index (χ0) is 9.84. The van der Waals surface area contributed by atoms with Crippen LogP contribution >= 0.6 is 11.8 Å². The molecule has 1 N–H and O–H groups in total. The molecule has 2 nitrogen and oxygen atoms in total. The lowest BCUT2D eigenvalue weighted by molar-refractivity contribution is 0.575. The second-order valence-corrected chi connectivity index (χ2v) is 5.60. The van der Waals surface area contributed by atoms with Crippen molar-refractivity contribution in [3.63, 3.8) is 0 Å². The van der Waals surface area contributed by atoms with Gasteiger partial charge in [-0.15, -0.1) is 0 Å². The summed E-state index contributed by atoms with van der Waals surface area (Å²) in [5.41, 5.74) is 0. The molecule has 0 amide bonds. The van der Waals surface area contributed by atoms with E-state index in [1.807, 2.05) is 11.8 Å². The van der Waals surface area contributed by atoms with E-state index in [0.717, 1.165) is 17.6 Å². The number of hydrogen-bond acceptors (Lipinski definition) is 3. The van der Waals surface area contributed by atoms with Crippen LogP contribution in [-0.4, -0.2) is 23.0 Å². The first-order chi connectivity index (χ1) is 6.08. The van der Waals surface area contributed by atoms with Crippen molar-refractivity contribution in [1.29, 1.82) is 0 Å². The Morgan fingerprint density at radius 1 is 1.46 bits per heavy atom. The van der Waals surface area contributed by atoms with Gasteiger partial charge < -0.3 is 5.32 Å². The Morgan fingerprint density at radius 3 is 2.69 bits per heavy atom. The molecule has 0 aromatic heterocycles. The minimum absolute atomic E-state index is 0.504. The lowest BCUT2D eigenvalue weighted by atomic mass is 10.1. The average molecular weight is 200 g/mol. The normalized spacial score (nSPS) is 22.6. The van der Waals surface area contributed by atoms with Crippen LogP contribution in [0.3, 0.4) is 0 Å². The molecule has 1 atom stereocenters. The molecule has 3 heteroatoms. The van der Waals surface area contributed by atoms with Crippen molar-refractivity contribution in [1.82, 2.24) is 5.32 Å². The van der Waals surface area contributed by atoms with Crippen molar-refractivity contribution >= 4 is 16.9 Å². The summed E-state index contributed by atoms with van der Waals surface area (Å²) in [4.78, 5) is 4.48. The SMILES string of the molecule is CC(C)CC1CN=C(NC(C)C)S1. The topological polar surface area (TPSA) is 24.4 Å². The van der Waals surface area contributed by atoms with E-state index in [1.165, 1.54) is 6.42 Å². The molecule has 0 saturated carbocycles. The van der Waals surface area contributed by atoms with Gasteiger partial charge in [-0.1, -0.05) is 25.6 Å². The predicted molar refractivity (Wildman–Crippen MR) is 61.4 cm³/mol. The van der Waals surface area contributed by atoms with E-state index in [4.69, 9.17) is 0 Å². The molecule has 0 spiro atoms. The lowest BCUT2D eigenvalue weighted by Crippen LogP contribution is -2.27. The van der Waals surface area contributed by atoms with Crippen molar-refractivity contribution < 1.29 is 0 Å². The molecular formula is C10H20N2S. The fourth-order valence-corrected chi connectivity index (χ4v) is 2.79. The Bertz CT molecular complexity index is 187. The number of nitrogens with one attached hydrogen (secondary N) is 1. The third kappa shape index (κ3) is 4.03. The van der Waals surface area contributed by atoms with Gasteiger partial charge in [0.15, 0.2) is 5.17 Å². The summed E-state index contributed by atoms with van der Waals surface area (Å²) in [5.74, 6) is 0.783. The summed E-state index contributed by atoms with van der Waals surface area (Å²) < 4.78 is 0. The van der Waals surface area contributed by atoms with Gasteiger partial charge in [0.2, 0.25) is 0 Å². The molecular weight excluding hydrogens is 180 g/mol. The average Bonchev–Trinajstić information content (AvgIpc) is 2.33. The van der Waals surface area contributed by atoms with E-state index in [9.17, 15) is 0 Å². The molecule has 1 unspecified atom stereocenters. The van der Waals surface area contributed by atoms with Crippen molar-refractivity contribution in [3.8, 4) is 0 Å². The number of hydrogen-bond donors (Lipinski definition) is 1. The van der Waals surface area contributed by atoms with Gasteiger partial charge in [-0.25, -0.2) is 0 Å².